The topological polar surface area (TPSA) is 84.3 Å². The number of fused-ring (bicyclic) bond motifs is 11. The summed E-state index contributed by atoms with van der Waals surface area (Å²) in [5.74, 6) is 1.33. The van der Waals surface area contributed by atoms with E-state index in [-0.39, 0.29) is 0 Å². The van der Waals surface area contributed by atoms with E-state index in [1.165, 1.54) is 32.7 Å². The Bertz CT molecular complexity index is 7380. The molecule has 0 saturated heterocycles. The van der Waals surface area contributed by atoms with Crippen molar-refractivity contribution in [2.24, 2.45) is 0 Å². The second-order valence-electron chi connectivity index (χ2n) is 28.8. The van der Waals surface area contributed by atoms with Gasteiger partial charge in [-0.1, -0.05) is 255 Å². The van der Waals surface area contributed by atoms with Crippen LogP contribution in [0, 0.1) is 0 Å². The van der Waals surface area contributed by atoms with Crippen LogP contribution >= 0.6 is 0 Å². The number of hydrogen-bond donors (Lipinski definition) is 0. The molecule has 0 fully saturated rings. The Kier molecular flexibility index (Phi) is 16.7. The molecule has 0 spiro atoms. The van der Waals surface area contributed by atoms with Crippen LogP contribution in [0.5, 0.6) is 0 Å². The molecule has 0 saturated carbocycles. The van der Waals surface area contributed by atoms with Crippen LogP contribution in [0.25, 0.3) is 177 Å². The van der Waals surface area contributed by atoms with Crippen LogP contribution in [0.4, 0.5) is 34.1 Å². The van der Waals surface area contributed by atoms with E-state index >= 15 is 0 Å². The molecule has 0 radical (unpaired) electrons. The highest BCUT2D eigenvalue weighted by atomic mass is 16.3. The molecule has 114 heavy (non-hydrogen) atoms. The predicted octanol–water partition coefficient (Wildman–Crippen LogP) is 29.1. The van der Waals surface area contributed by atoms with Crippen LogP contribution in [0.15, 0.2) is 421 Å². The lowest BCUT2D eigenvalue weighted by Crippen LogP contribution is -2.09. The summed E-state index contributed by atoms with van der Waals surface area (Å²) in [6.45, 7) is 0. The first kappa shape index (κ1) is 66.8. The molecular weight excluding hydrogens is 1390 g/mol. The van der Waals surface area contributed by atoms with Crippen molar-refractivity contribution >= 4 is 132 Å². The van der Waals surface area contributed by atoms with E-state index in [1.807, 2.05) is 18.2 Å². The van der Waals surface area contributed by atoms with E-state index in [2.05, 4.69) is 404 Å². The van der Waals surface area contributed by atoms with Crippen molar-refractivity contribution in [3.05, 3.63) is 413 Å². The zero-order valence-corrected chi connectivity index (χ0v) is 61.8. The summed E-state index contributed by atoms with van der Waals surface area (Å²) in [5, 5.41) is 13.5. The van der Waals surface area contributed by atoms with E-state index in [4.69, 9.17) is 28.8 Å². The Labute approximate surface area is 657 Å². The van der Waals surface area contributed by atoms with Gasteiger partial charge in [0.1, 0.15) is 22.3 Å². The molecule has 0 unspecified atom stereocenters. The molecule has 0 aliphatic heterocycles. The van der Waals surface area contributed by atoms with Gasteiger partial charge in [-0.3, -0.25) is 0 Å². The molecule has 0 amide bonds. The van der Waals surface area contributed by atoms with Crippen LogP contribution in [0.2, 0.25) is 0 Å². The van der Waals surface area contributed by atoms with Crippen molar-refractivity contribution in [3.8, 4) is 78.7 Å². The van der Waals surface area contributed by atoms with Gasteiger partial charge in [-0.05, 0) is 223 Å². The second-order valence-corrected chi connectivity index (χ2v) is 28.8. The van der Waals surface area contributed by atoms with Crippen LogP contribution in [0.1, 0.15) is 0 Å². The third-order valence-electron chi connectivity index (χ3n) is 21.8. The lowest BCUT2D eigenvalue weighted by molar-refractivity contribution is 0.669. The van der Waals surface area contributed by atoms with Gasteiger partial charge in [0.05, 0.1) is 22.4 Å². The Morgan fingerprint density at radius 2 is 0.500 bits per heavy atom. The first-order valence-corrected chi connectivity index (χ1v) is 38.5. The van der Waals surface area contributed by atoms with Gasteiger partial charge >= 0.3 is 0 Å². The molecule has 22 aromatic rings. The normalized spacial score (nSPS) is 11.5. The first-order valence-electron chi connectivity index (χ1n) is 38.5. The molecule has 4 heterocycles. The highest BCUT2D eigenvalue weighted by Crippen LogP contribution is 2.47. The van der Waals surface area contributed by atoms with Gasteiger partial charge < -0.3 is 18.6 Å². The van der Waals surface area contributed by atoms with E-state index in [1.54, 1.807) is 0 Å². The Balaban J connectivity index is 0.000000143. The molecule has 0 aliphatic rings. The van der Waals surface area contributed by atoms with Gasteiger partial charge in [0.25, 0.3) is 0 Å². The zero-order valence-electron chi connectivity index (χ0n) is 61.8. The van der Waals surface area contributed by atoms with Crippen molar-refractivity contribution in [2.45, 2.75) is 0 Å². The van der Waals surface area contributed by atoms with Gasteiger partial charge in [0.2, 0.25) is 0 Å². The zero-order chi connectivity index (χ0) is 75.4. The third kappa shape index (κ3) is 12.4. The molecule has 22 rings (SSSR count). The van der Waals surface area contributed by atoms with Crippen molar-refractivity contribution in [2.75, 3.05) is 9.80 Å². The molecule has 0 aliphatic carbocycles. The second kappa shape index (κ2) is 28.6. The summed E-state index contributed by atoms with van der Waals surface area (Å²) < 4.78 is 13.4. The number of aromatic nitrogens is 4. The van der Waals surface area contributed by atoms with E-state index in [0.29, 0.717) is 11.6 Å². The van der Waals surface area contributed by atoms with Crippen molar-refractivity contribution in [1.29, 1.82) is 0 Å². The fraction of sp³-hybridized carbons (Fsp3) is 0. The van der Waals surface area contributed by atoms with Gasteiger partial charge in [-0.25, -0.2) is 19.9 Å². The largest absolute Gasteiger partial charge is 0.456 e. The quantitative estimate of drug-likeness (QED) is 0.113. The molecule has 534 valence electrons. The van der Waals surface area contributed by atoms with Crippen molar-refractivity contribution < 1.29 is 8.83 Å². The highest BCUT2D eigenvalue weighted by molar-refractivity contribution is 6.19. The molecule has 0 N–H and O–H groups in total. The predicted molar refractivity (Wildman–Crippen MR) is 474 cm³/mol. The van der Waals surface area contributed by atoms with Gasteiger partial charge in [-0.2, -0.15) is 0 Å². The maximum Gasteiger partial charge on any atom is 0.160 e. The van der Waals surface area contributed by atoms with Crippen molar-refractivity contribution in [3.63, 3.8) is 0 Å². The SMILES string of the molecule is c1ccc(-c2cc(-c3nc(-c4ccc(N(c5ccccc5)c5ccc6ccccc6c5)cc4)nc4ccccc34)cc3oc4cc5ccccc5cc4c23)cc1.c1ccc(-c2ccc(N(c3ccccc3)c3ccc(-c4nc(-c5cc(-c6ccccc6)c6c(c5)oc5cc7ccccc7cc56)c5ccccc5n4)cc3)cc2)cc1. The molecule has 4 aromatic heterocycles. The summed E-state index contributed by atoms with van der Waals surface area (Å²) in [6.07, 6.45) is 0. The summed E-state index contributed by atoms with van der Waals surface area (Å²) in [7, 11) is 0. The average Bonchev–Trinajstić information content (AvgIpc) is 1.55. The first-order chi connectivity index (χ1) is 56.5. The minimum absolute atomic E-state index is 0.663. The Hall–Kier alpha value is -15.4. The Morgan fingerprint density at radius 3 is 0.930 bits per heavy atom. The van der Waals surface area contributed by atoms with E-state index < -0.39 is 0 Å². The summed E-state index contributed by atoms with van der Waals surface area (Å²) >= 11 is 0. The van der Waals surface area contributed by atoms with Crippen LogP contribution in [-0.2, 0) is 0 Å². The minimum Gasteiger partial charge on any atom is -0.456 e. The molecule has 8 heteroatoms. The fourth-order valence-corrected chi connectivity index (χ4v) is 16.3. The highest BCUT2D eigenvalue weighted by Gasteiger charge is 2.24. The van der Waals surface area contributed by atoms with Gasteiger partial charge in [0.15, 0.2) is 11.6 Å². The number of hydrogen-bond acceptors (Lipinski definition) is 8. The summed E-state index contributed by atoms with van der Waals surface area (Å²) in [6, 6.07) is 145. The van der Waals surface area contributed by atoms with E-state index in [0.717, 1.165) is 166 Å². The third-order valence-corrected chi connectivity index (χ3v) is 21.8. The summed E-state index contributed by atoms with van der Waals surface area (Å²) in [4.78, 5) is 25.5. The van der Waals surface area contributed by atoms with Gasteiger partial charge in [-0.15, -0.1) is 0 Å². The number of furan rings is 2. The van der Waals surface area contributed by atoms with E-state index in [9.17, 15) is 0 Å². The summed E-state index contributed by atoms with van der Waals surface area (Å²) in [5.41, 5.74) is 24.0. The van der Waals surface area contributed by atoms with Gasteiger partial charge in [0, 0.05) is 88.7 Å². The molecule has 8 nitrogen and oxygen atoms in total. The lowest BCUT2D eigenvalue weighted by atomic mass is 9.94. The molecular formula is C106H68N6O2. The maximum absolute atomic E-state index is 6.70. The lowest BCUT2D eigenvalue weighted by Gasteiger charge is -2.26. The number of rotatable bonds is 13. The Morgan fingerprint density at radius 1 is 0.184 bits per heavy atom. The average molecular weight is 1460 g/mol. The number of benzene rings is 18. The number of nitrogens with zero attached hydrogens (tertiary/aromatic N) is 6. The molecule has 0 atom stereocenters. The van der Waals surface area contributed by atoms with Crippen LogP contribution in [-0.4, -0.2) is 19.9 Å². The smallest absolute Gasteiger partial charge is 0.160 e. The monoisotopic (exact) mass is 1460 g/mol. The minimum atomic E-state index is 0.663. The standard InChI is InChI=1S/C54H35N3O.C52H33N3O/c1-4-14-36(15-5-1)37-24-28-44(29-25-37)57(43-20-8-3-9-21-43)45-30-26-39(27-31-45)54-55-49-23-13-12-22-46(49)53(56-54)42-33-47(38-16-6-2-7-17-38)52-48-32-40-18-10-11-19-41(40)34-50(48)58-51(52)35-42;1-3-14-35(15-4-1)45-31-40(33-49-50(45)46-30-38-17-9-10-18-39(38)32-48(46)56-49)51-44-21-11-12-22-47(44)53-52(54-51)36-24-26-42(27-25-36)55(41-19-5-2-6-20-41)43-28-23-34-13-7-8-16-37(34)29-43/h1-35H;1-33H. The number of para-hydroxylation sites is 4. The molecule has 0 bridgehead atoms. The fourth-order valence-electron chi connectivity index (χ4n) is 16.3. The number of anilines is 6. The molecule has 18 aromatic carbocycles. The van der Waals surface area contributed by atoms with Crippen molar-refractivity contribution in [1.82, 2.24) is 19.9 Å². The van der Waals surface area contributed by atoms with Crippen LogP contribution < -0.4 is 9.80 Å². The maximum atomic E-state index is 6.70. The van der Waals surface area contributed by atoms with Crippen LogP contribution in [0.3, 0.4) is 0 Å².